The summed E-state index contributed by atoms with van der Waals surface area (Å²) in [4.78, 5) is 24.0. The standard InChI is InChI=1S/C20H27N5OS/c21-18-17(24-20(27-18)14-7-3-1-4-8-14)19(26)23-15-13-22-10-9-16(15)25-11-5-2-6-12-25/h9-10,13-14H,1-8,11-12,21H2,(H,23,26). The maximum Gasteiger partial charge on any atom is 0.277 e. The largest absolute Gasteiger partial charge is 0.389 e. The van der Waals surface area contributed by atoms with Crippen LogP contribution in [0.25, 0.3) is 0 Å². The van der Waals surface area contributed by atoms with Crippen LogP contribution in [0.15, 0.2) is 18.5 Å². The number of nitrogens with one attached hydrogen (secondary N) is 1. The van der Waals surface area contributed by atoms with Gasteiger partial charge in [0.2, 0.25) is 0 Å². The highest BCUT2D eigenvalue weighted by Crippen LogP contribution is 2.37. The number of pyridine rings is 1. The molecule has 2 aliphatic rings. The molecule has 0 radical (unpaired) electrons. The van der Waals surface area contributed by atoms with Crippen LogP contribution in [0.1, 0.15) is 72.8 Å². The first kappa shape index (κ1) is 18.2. The molecule has 0 aromatic carbocycles. The van der Waals surface area contributed by atoms with Crippen molar-refractivity contribution in [3.05, 3.63) is 29.2 Å². The first-order valence-electron chi connectivity index (χ1n) is 9.99. The molecule has 144 valence electrons. The van der Waals surface area contributed by atoms with Crippen LogP contribution in [0.3, 0.4) is 0 Å². The Morgan fingerprint density at radius 2 is 1.89 bits per heavy atom. The number of carbonyl (C=O) groups excluding carboxylic acids is 1. The van der Waals surface area contributed by atoms with E-state index in [0.717, 1.165) is 42.3 Å². The summed E-state index contributed by atoms with van der Waals surface area (Å²) in [6.45, 7) is 2.02. The molecule has 0 unspecified atom stereocenters. The molecule has 1 saturated heterocycles. The highest BCUT2D eigenvalue weighted by Gasteiger charge is 2.24. The Bertz CT molecular complexity index is 793. The van der Waals surface area contributed by atoms with Crippen molar-refractivity contribution in [1.29, 1.82) is 0 Å². The molecule has 1 amide bonds. The van der Waals surface area contributed by atoms with Gasteiger partial charge >= 0.3 is 0 Å². The first-order valence-corrected chi connectivity index (χ1v) is 10.8. The predicted octanol–water partition coefficient (Wildman–Crippen LogP) is 4.41. The second-order valence-corrected chi connectivity index (χ2v) is 8.56. The lowest BCUT2D eigenvalue weighted by Crippen LogP contribution is -2.30. The average Bonchev–Trinajstić information content (AvgIpc) is 3.12. The first-order chi connectivity index (χ1) is 13.2. The molecule has 2 aromatic heterocycles. The summed E-state index contributed by atoms with van der Waals surface area (Å²) < 4.78 is 0. The molecule has 4 rings (SSSR count). The maximum absolute atomic E-state index is 12.9. The van der Waals surface area contributed by atoms with Crippen molar-refractivity contribution in [2.45, 2.75) is 57.3 Å². The van der Waals surface area contributed by atoms with Gasteiger partial charge in [-0.05, 0) is 38.2 Å². The van der Waals surface area contributed by atoms with Gasteiger partial charge in [0.25, 0.3) is 5.91 Å². The molecule has 2 aromatic rings. The summed E-state index contributed by atoms with van der Waals surface area (Å²) >= 11 is 1.47. The Labute approximate surface area is 164 Å². The van der Waals surface area contributed by atoms with Crippen molar-refractivity contribution in [2.24, 2.45) is 0 Å². The average molecular weight is 386 g/mol. The number of hydrogen-bond acceptors (Lipinski definition) is 6. The van der Waals surface area contributed by atoms with Gasteiger partial charge in [-0.1, -0.05) is 19.3 Å². The quantitative estimate of drug-likeness (QED) is 0.814. The van der Waals surface area contributed by atoms with Crippen LogP contribution in [0, 0.1) is 0 Å². The van der Waals surface area contributed by atoms with Crippen molar-refractivity contribution in [2.75, 3.05) is 29.0 Å². The van der Waals surface area contributed by atoms with E-state index in [9.17, 15) is 4.79 Å². The molecule has 0 atom stereocenters. The predicted molar refractivity (Wildman–Crippen MR) is 111 cm³/mol. The lowest BCUT2D eigenvalue weighted by atomic mass is 9.90. The van der Waals surface area contributed by atoms with Gasteiger partial charge in [0, 0.05) is 25.2 Å². The van der Waals surface area contributed by atoms with E-state index in [2.05, 4.69) is 20.2 Å². The fourth-order valence-corrected chi connectivity index (χ4v) is 5.11. The maximum atomic E-state index is 12.9. The number of piperidine rings is 1. The third-order valence-corrected chi connectivity index (χ3v) is 6.63. The van der Waals surface area contributed by atoms with Crippen molar-refractivity contribution in [3.63, 3.8) is 0 Å². The zero-order valence-electron chi connectivity index (χ0n) is 15.6. The zero-order chi connectivity index (χ0) is 18.6. The Morgan fingerprint density at radius 3 is 2.67 bits per heavy atom. The van der Waals surface area contributed by atoms with E-state index in [-0.39, 0.29) is 5.91 Å². The van der Waals surface area contributed by atoms with Crippen LogP contribution in [-0.2, 0) is 0 Å². The lowest BCUT2D eigenvalue weighted by molar-refractivity contribution is 0.102. The molecule has 1 aliphatic heterocycles. The minimum Gasteiger partial charge on any atom is -0.389 e. The van der Waals surface area contributed by atoms with E-state index in [1.165, 1.54) is 49.9 Å². The van der Waals surface area contributed by atoms with Crippen molar-refractivity contribution >= 4 is 33.6 Å². The highest BCUT2D eigenvalue weighted by atomic mass is 32.1. The number of aromatic nitrogens is 2. The van der Waals surface area contributed by atoms with E-state index in [0.29, 0.717) is 16.6 Å². The van der Waals surface area contributed by atoms with Gasteiger partial charge in [-0.25, -0.2) is 4.98 Å². The van der Waals surface area contributed by atoms with Crippen LogP contribution in [0.4, 0.5) is 16.4 Å². The molecule has 27 heavy (non-hydrogen) atoms. The van der Waals surface area contributed by atoms with E-state index < -0.39 is 0 Å². The van der Waals surface area contributed by atoms with Gasteiger partial charge < -0.3 is 16.0 Å². The highest BCUT2D eigenvalue weighted by molar-refractivity contribution is 7.16. The topological polar surface area (TPSA) is 84.1 Å². The summed E-state index contributed by atoms with van der Waals surface area (Å²) in [7, 11) is 0. The summed E-state index contributed by atoms with van der Waals surface area (Å²) in [5, 5.41) is 4.53. The van der Waals surface area contributed by atoms with Crippen molar-refractivity contribution in [3.8, 4) is 0 Å². The Balaban J connectivity index is 1.52. The Hall–Kier alpha value is -2.15. The molecule has 1 saturated carbocycles. The fraction of sp³-hybridized carbons (Fsp3) is 0.550. The molecule has 0 bridgehead atoms. The van der Waals surface area contributed by atoms with E-state index >= 15 is 0 Å². The number of rotatable bonds is 4. The van der Waals surface area contributed by atoms with Gasteiger partial charge in [0.15, 0.2) is 5.69 Å². The summed E-state index contributed by atoms with van der Waals surface area (Å²) in [6.07, 6.45) is 13.2. The van der Waals surface area contributed by atoms with Gasteiger partial charge in [-0.15, -0.1) is 11.3 Å². The van der Waals surface area contributed by atoms with Crippen LogP contribution in [0.2, 0.25) is 0 Å². The third kappa shape index (κ3) is 4.08. The van der Waals surface area contributed by atoms with E-state index in [1.54, 1.807) is 12.4 Å². The normalized spacial score (nSPS) is 18.4. The second kappa shape index (κ2) is 8.25. The van der Waals surface area contributed by atoms with Crippen LogP contribution in [0.5, 0.6) is 0 Å². The summed E-state index contributed by atoms with van der Waals surface area (Å²) in [5.41, 5.74) is 8.27. The molecule has 1 aliphatic carbocycles. The number of anilines is 3. The Morgan fingerprint density at radius 1 is 1.15 bits per heavy atom. The number of amides is 1. The fourth-order valence-electron chi connectivity index (χ4n) is 4.11. The number of carbonyl (C=O) groups is 1. The molecular weight excluding hydrogens is 358 g/mol. The molecule has 3 heterocycles. The minimum absolute atomic E-state index is 0.239. The third-order valence-electron chi connectivity index (χ3n) is 5.58. The molecule has 6 nitrogen and oxygen atoms in total. The number of thiazole rings is 1. The molecule has 3 N–H and O–H groups in total. The van der Waals surface area contributed by atoms with Crippen LogP contribution >= 0.6 is 11.3 Å². The van der Waals surface area contributed by atoms with Gasteiger partial charge in [0.05, 0.1) is 22.6 Å². The molecule has 0 spiro atoms. The number of nitrogens with two attached hydrogens (primary N) is 1. The number of nitrogen functional groups attached to an aromatic ring is 1. The van der Waals surface area contributed by atoms with Crippen molar-refractivity contribution < 1.29 is 4.79 Å². The number of nitrogens with zero attached hydrogens (tertiary/aromatic N) is 3. The summed E-state index contributed by atoms with van der Waals surface area (Å²) in [6, 6.07) is 1.97. The molecular formula is C20H27N5OS. The SMILES string of the molecule is Nc1sc(C2CCCCC2)nc1C(=O)Nc1cnccc1N1CCCCC1. The van der Waals surface area contributed by atoms with Gasteiger partial charge in [0.1, 0.15) is 5.00 Å². The van der Waals surface area contributed by atoms with E-state index in [4.69, 9.17) is 5.73 Å². The van der Waals surface area contributed by atoms with E-state index in [1.807, 2.05) is 6.07 Å². The molecule has 7 heteroatoms. The second-order valence-electron chi connectivity index (χ2n) is 7.49. The Kier molecular flexibility index (Phi) is 5.57. The van der Waals surface area contributed by atoms with Crippen LogP contribution < -0.4 is 16.0 Å². The minimum atomic E-state index is -0.239. The monoisotopic (exact) mass is 385 g/mol. The smallest absolute Gasteiger partial charge is 0.277 e. The zero-order valence-corrected chi connectivity index (χ0v) is 16.4. The lowest BCUT2D eigenvalue weighted by Gasteiger charge is -2.30. The van der Waals surface area contributed by atoms with Gasteiger partial charge in [-0.2, -0.15) is 0 Å². The van der Waals surface area contributed by atoms with Gasteiger partial charge in [-0.3, -0.25) is 9.78 Å². The number of hydrogen-bond donors (Lipinski definition) is 2. The van der Waals surface area contributed by atoms with Crippen LogP contribution in [-0.4, -0.2) is 29.0 Å². The summed E-state index contributed by atoms with van der Waals surface area (Å²) in [5.74, 6) is 0.215. The molecule has 2 fully saturated rings. The van der Waals surface area contributed by atoms with Crippen molar-refractivity contribution in [1.82, 2.24) is 9.97 Å².